The van der Waals surface area contributed by atoms with Gasteiger partial charge in [0.15, 0.2) is 6.10 Å². The molecule has 0 aromatic heterocycles. The molecule has 0 spiro atoms. The van der Waals surface area contributed by atoms with Crippen molar-refractivity contribution in [3.8, 4) is 0 Å². The molecule has 6 atom stereocenters. The van der Waals surface area contributed by atoms with Crippen molar-refractivity contribution in [2.75, 3.05) is 13.2 Å². The van der Waals surface area contributed by atoms with Gasteiger partial charge in [-0.2, -0.15) is 0 Å². The van der Waals surface area contributed by atoms with Crippen LogP contribution in [0.2, 0.25) is 0 Å². The summed E-state index contributed by atoms with van der Waals surface area (Å²) in [4.78, 5) is 10.9. The van der Waals surface area contributed by atoms with Gasteiger partial charge in [0.2, 0.25) is 0 Å². The Morgan fingerprint density at radius 1 is 1.00 bits per heavy atom. The average molecular weight is 298 g/mol. The molecule has 0 bridgehead atoms. The van der Waals surface area contributed by atoms with Crippen LogP contribution in [0.3, 0.4) is 0 Å². The van der Waals surface area contributed by atoms with E-state index in [0.717, 1.165) is 0 Å². The van der Waals surface area contributed by atoms with Crippen LogP contribution in [0.5, 0.6) is 0 Å². The zero-order chi connectivity index (χ0) is 15.9. The van der Waals surface area contributed by atoms with E-state index >= 15 is 0 Å². The predicted molar refractivity (Wildman–Crippen MR) is 64.8 cm³/mol. The van der Waals surface area contributed by atoms with E-state index in [9.17, 15) is 25.2 Å². The topological polar surface area (TPSA) is 168 Å². The van der Waals surface area contributed by atoms with Crippen LogP contribution >= 0.6 is 0 Å². The maximum absolute atomic E-state index is 10.9. The van der Waals surface area contributed by atoms with Crippen LogP contribution < -0.4 is 0 Å². The normalized spacial score (nSPS) is 20.8. The summed E-state index contributed by atoms with van der Waals surface area (Å²) in [5, 5.41) is 64.8. The number of hydrogen-bond acceptors (Lipinski definition) is 8. The monoisotopic (exact) mass is 298 g/mol. The first-order valence-electron chi connectivity index (χ1n) is 6.13. The first-order valence-corrected chi connectivity index (χ1v) is 6.13. The predicted octanol–water partition coefficient (Wildman–Crippen LogP) is -3.34. The number of hydrogen-bond donors (Lipinski definition) is 7. The van der Waals surface area contributed by atoms with E-state index in [1.807, 2.05) is 0 Å². The second-order valence-electron chi connectivity index (χ2n) is 4.34. The molecule has 20 heavy (non-hydrogen) atoms. The van der Waals surface area contributed by atoms with Crippen LogP contribution in [-0.4, -0.2) is 91.6 Å². The van der Waals surface area contributed by atoms with Crippen molar-refractivity contribution in [2.24, 2.45) is 0 Å². The van der Waals surface area contributed by atoms with E-state index in [0.29, 0.717) is 6.42 Å². The average Bonchev–Trinajstić information content (AvgIpc) is 2.43. The van der Waals surface area contributed by atoms with E-state index in [4.69, 9.17) is 20.1 Å². The van der Waals surface area contributed by atoms with E-state index in [2.05, 4.69) is 0 Å². The van der Waals surface area contributed by atoms with Gasteiger partial charge in [-0.15, -0.1) is 0 Å². The molecule has 0 aromatic rings. The minimum absolute atomic E-state index is 0.0126. The van der Waals surface area contributed by atoms with E-state index in [1.54, 1.807) is 6.92 Å². The van der Waals surface area contributed by atoms with Crippen LogP contribution in [-0.2, 0) is 9.53 Å². The number of aliphatic carboxylic acids is 1. The Kier molecular flexibility index (Phi) is 8.81. The summed E-state index contributed by atoms with van der Waals surface area (Å²) < 4.78 is 4.84. The molecule has 0 aliphatic rings. The third-order valence-electron chi connectivity index (χ3n) is 2.69. The number of carboxylic acid groups (broad SMARTS) is 1. The van der Waals surface area contributed by atoms with Gasteiger partial charge in [0.05, 0.1) is 6.61 Å². The molecule has 0 aliphatic heterocycles. The first-order chi connectivity index (χ1) is 9.27. The lowest BCUT2D eigenvalue weighted by Gasteiger charge is -2.30. The van der Waals surface area contributed by atoms with Gasteiger partial charge in [0, 0.05) is 6.61 Å². The van der Waals surface area contributed by atoms with E-state index in [-0.39, 0.29) is 6.61 Å². The van der Waals surface area contributed by atoms with Crippen molar-refractivity contribution in [3.05, 3.63) is 0 Å². The molecule has 0 fully saturated rings. The molecule has 0 radical (unpaired) electrons. The molecule has 5 unspecified atom stereocenters. The lowest BCUT2D eigenvalue weighted by atomic mass is 9.96. The molecular formula is C11H22O9. The molecule has 0 aliphatic carbocycles. The summed E-state index contributed by atoms with van der Waals surface area (Å²) in [7, 11) is 0. The minimum Gasteiger partial charge on any atom is -0.479 e. The Hall–Kier alpha value is -0.810. The molecule has 9 heteroatoms. The van der Waals surface area contributed by atoms with Gasteiger partial charge in [-0.25, -0.2) is 4.79 Å². The third-order valence-corrected chi connectivity index (χ3v) is 2.69. The fraction of sp³-hybridized carbons (Fsp3) is 0.909. The van der Waals surface area contributed by atoms with Crippen LogP contribution in [0.15, 0.2) is 0 Å². The van der Waals surface area contributed by atoms with Crippen LogP contribution in [0.4, 0.5) is 0 Å². The highest BCUT2D eigenvalue weighted by Crippen LogP contribution is 2.13. The van der Waals surface area contributed by atoms with Crippen molar-refractivity contribution in [1.82, 2.24) is 0 Å². The molecule has 0 saturated heterocycles. The Morgan fingerprint density at radius 2 is 1.50 bits per heavy atom. The molecule has 0 rings (SSSR count). The second-order valence-corrected chi connectivity index (χ2v) is 4.34. The molecule has 0 aromatic carbocycles. The van der Waals surface area contributed by atoms with E-state index in [1.165, 1.54) is 0 Å². The smallest absolute Gasteiger partial charge is 0.335 e. The van der Waals surface area contributed by atoms with Gasteiger partial charge in [0.25, 0.3) is 0 Å². The zero-order valence-corrected chi connectivity index (χ0v) is 11.0. The van der Waals surface area contributed by atoms with Crippen LogP contribution in [0.1, 0.15) is 13.3 Å². The highest BCUT2D eigenvalue weighted by Gasteiger charge is 2.40. The highest BCUT2D eigenvalue weighted by atomic mass is 16.5. The summed E-state index contributed by atoms with van der Waals surface area (Å²) >= 11 is 0. The Balaban J connectivity index is 4.77. The summed E-state index contributed by atoms with van der Waals surface area (Å²) in [6, 6.07) is 0. The largest absolute Gasteiger partial charge is 0.479 e. The molecular weight excluding hydrogens is 276 g/mol. The number of carboxylic acids is 1. The van der Waals surface area contributed by atoms with Crippen molar-refractivity contribution < 1.29 is 45.3 Å². The molecule has 0 heterocycles. The Morgan fingerprint density at radius 3 is 1.90 bits per heavy atom. The van der Waals surface area contributed by atoms with Crippen molar-refractivity contribution in [3.63, 3.8) is 0 Å². The van der Waals surface area contributed by atoms with Crippen LogP contribution in [0, 0.1) is 0 Å². The summed E-state index contributed by atoms with van der Waals surface area (Å²) in [6.45, 7) is 0.840. The Bertz CT molecular complexity index is 285. The van der Waals surface area contributed by atoms with Gasteiger partial charge in [-0.3, -0.25) is 0 Å². The molecule has 7 N–H and O–H groups in total. The molecule has 0 amide bonds. The number of aliphatic hydroxyl groups excluding tert-OH is 6. The number of ether oxygens (including phenoxy) is 1. The fourth-order valence-electron chi connectivity index (χ4n) is 1.48. The summed E-state index contributed by atoms with van der Waals surface area (Å²) in [5.41, 5.74) is 0. The maximum Gasteiger partial charge on any atom is 0.335 e. The zero-order valence-electron chi connectivity index (χ0n) is 11.0. The highest BCUT2D eigenvalue weighted by molar-refractivity contribution is 5.73. The van der Waals surface area contributed by atoms with Gasteiger partial charge in [-0.05, 0) is 6.42 Å². The van der Waals surface area contributed by atoms with Crippen molar-refractivity contribution in [2.45, 2.75) is 50.0 Å². The van der Waals surface area contributed by atoms with Gasteiger partial charge < -0.3 is 40.5 Å². The van der Waals surface area contributed by atoms with Gasteiger partial charge >= 0.3 is 5.97 Å². The fourth-order valence-corrected chi connectivity index (χ4v) is 1.48. The lowest BCUT2D eigenvalue weighted by Crippen LogP contribution is -2.54. The molecule has 9 nitrogen and oxygen atoms in total. The summed E-state index contributed by atoms with van der Waals surface area (Å²) in [5.74, 6) is -1.55. The Labute approximate surface area is 115 Å². The van der Waals surface area contributed by atoms with Crippen LogP contribution in [0.25, 0.3) is 0 Å². The lowest BCUT2D eigenvalue weighted by molar-refractivity contribution is -0.182. The quantitative estimate of drug-likeness (QED) is 0.218. The maximum atomic E-state index is 10.9. The second kappa shape index (κ2) is 9.19. The van der Waals surface area contributed by atoms with Gasteiger partial charge in [-0.1, -0.05) is 6.92 Å². The third kappa shape index (κ3) is 5.29. The summed E-state index contributed by atoms with van der Waals surface area (Å²) in [6.07, 6.45) is -11.2. The first kappa shape index (κ1) is 19.2. The van der Waals surface area contributed by atoms with Gasteiger partial charge in [0.1, 0.15) is 30.5 Å². The minimum atomic E-state index is -2.08. The van der Waals surface area contributed by atoms with Crippen molar-refractivity contribution >= 4 is 5.97 Å². The van der Waals surface area contributed by atoms with Crippen molar-refractivity contribution in [1.29, 1.82) is 0 Å². The molecule has 120 valence electrons. The number of carbonyl (C=O) groups is 1. The SMILES string of the molecule is CCCO[C@@H](C(=O)O)C(O)C(O)C(O)C(O)C(O)CO. The standard InChI is InChI=1S/C11H22O9/c1-2-3-20-10(11(18)19)9(17)8(16)7(15)6(14)5(13)4-12/h5-10,12-17H,2-4H2,1H3,(H,18,19)/t5?,6?,7?,8?,9?,10-/m1/s1. The number of aliphatic hydroxyl groups is 6. The number of rotatable bonds is 10. The van der Waals surface area contributed by atoms with E-state index < -0.39 is 49.2 Å². The molecule has 0 saturated carbocycles.